The lowest BCUT2D eigenvalue weighted by atomic mass is 10.1. The summed E-state index contributed by atoms with van der Waals surface area (Å²) in [7, 11) is 0. The van der Waals surface area contributed by atoms with E-state index >= 15 is 0 Å². The normalized spacial score (nSPS) is 9.64. The van der Waals surface area contributed by atoms with Crippen LogP contribution in [0.5, 0.6) is 5.75 Å². The lowest BCUT2D eigenvalue weighted by Crippen LogP contribution is -2.16. The minimum Gasteiger partial charge on any atom is -0.494 e. The van der Waals surface area contributed by atoms with Crippen molar-refractivity contribution in [2.45, 2.75) is 19.9 Å². The summed E-state index contributed by atoms with van der Waals surface area (Å²) in [6.45, 7) is 4.62. The number of carbonyl (C=O) groups is 2. The Hall–Kier alpha value is -2.86. The molecule has 0 radical (unpaired) electrons. The van der Waals surface area contributed by atoms with Gasteiger partial charge in [0.2, 0.25) is 0 Å². The molecule has 2 rings (SSSR count). The van der Waals surface area contributed by atoms with Crippen molar-refractivity contribution in [2.75, 3.05) is 13.2 Å². The van der Waals surface area contributed by atoms with Gasteiger partial charge in [0.1, 0.15) is 5.75 Å². The molecule has 0 bridgehead atoms. The average Bonchev–Trinajstić information content (AvgIpc) is 2.62. The topological polar surface area (TPSA) is 95.9 Å². The maximum absolute atomic E-state index is 9.10. The Balaban J connectivity index is 0.000000450. The smallest absolute Gasteiger partial charge is 0.414 e. The molecule has 0 fully saturated rings. The third-order valence-corrected chi connectivity index (χ3v) is 3.18. The lowest BCUT2D eigenvalue weighted by Gasteiger charge is -2.07. The first-order chi connectivity index (χ1) is 12.0. The number of rotatable bonds is 7. The fourth-order valence-electron chi connectivity index (χ4n) is 1.98. The molecule has 0 aliphatic heterocycles. The molecule has 0 aliphatic carbocycles. The Labute approximate surface area is 147 Å². The molecule has 25 heavy (non-hydrogen) atoms. The highest BCUT2D eigenvalue weighted by molar-refractivity contribution is 6.27. The molecule has 0 heterocycles. The highest BCUT2D eigenvalue weighted by Gasteiger charge is 2.04. The van der Waals surface area contributed by atoms with Crippen LogP contribution in [0.25, 0.3) is 0 Å². The average molecular weight is 345 g/mol. The molecule has 2 aromatic rings. The van der Waals surface area contributed by atoms with Crippen molar-refractivity contribution in [3.8, 4) is 5.75 Å². The number of hydrogen-bond acceptors (Lipinski definition) is 4. The van der Waals surface area contributed by atoms with E-state index in [9.17, 15) is 0 Å². The number of nitrogens with one attached hydrogen (secondary N) is 1. The van der Waals surface area contributed by atoms with E-state index in [1.807, 2.05) is 19.1 Å². The van der Waals surface area contributed by atoms with Gasteiger partial charge in [-0.1, -0.05) is 42.5 Å². The molecular formula is C19H23NO5. The molecule has 6 nitrogen and oxygen atoms in total. The Morgan fingerprint density at radius 3 is 2.04 bits per heavy atom. The fraction of sp³-hybridized carbons (Fsp3) is 0.263. The van der Waals surface area contributed by atoms with Gasteiger partial charge in [0.15, 0.2) is 0 Å². The molecule has 0 aliphatic rings. The van der Waals surface area contributed by atoms with Gasteiger partial charge < -0.3 is 20.3 Å². The van der Waals surface area contributed by atoms with Gasteiger partial charge in [-0.2, -0.15) is 0 Å². The van der Waals surface area contributed by atoms with Gasteiger partial charge in [-0.25, -0.2) is 9.59 Å². The van der Waals surface area contributed by atoms with Crippen molar-refractivity contribution in [1.82, 2.24) is 5.32 Å². The second kappa shape index (κ2) is 11.6. The van der Waals surface area contributed by atoms with Crippen LogP contribution >= 0.6 is 0 Å². The van der Waals surface area contributed by atoms with E-state index in [1.54, 1.807) is 0 Å². The van der Waals surface area contributed by atoms with E-state index in [2.05, 4.69) is 47.8 Å². The summed E-state index contributed by atoms with van der Waals surface area (Å²) < 4.78 is 5.42. The first kappa shape index (κ1) is 20.2. The van der Waals surface area contributed by atoms with E-state index < -0.39 is 11.9 Å². The van der Waals surface area contributed by atoms with Crippen molar-refractivity contribution < 1.29 is 24.5 Å². The molecule has 0 saturated carbocycles. The molecular weight excluding hydrogens is 322 g/mol. The number of carboxylic acid groups (broad SMARTS) is 2. The van der Waals surface area contributed by atoms with E-state index in [0.717, 1.165) is 25.3 Å². The van der Waals surface area contributed by atoms with Crippen LogP contribution < -0.4 is 10.1 Å². The van der Waals surface area contributed by atoms with Gasteiger partial charge in [-0.3, -0.25) is 0 Å². The van der Waals surface area contributed by atoms with Gasteiger partial charge in [-0.15, -0.1) is 0 Å². The molecule has 0 atom stereocenters. The van der Waals surface area contributed by atoms with Crippen molar-refractivity contribution in [3.05, 3.63) is 65.7 Å². The van der Waals surface area contributed by atoms with Crippen LogP contribution in [0, 0.1) is 0 Å². The summed E-state index contributed by atoms with van der Waals surface area (Å²) in [6, 6.07) is 18.8. The van der Waals surface area contributed by atoms with Crippen molar-refractivity contribution in [2.24, 2.45) is 0 Å². The summed E-state index contributed by atoms with van der Waals surface area (Å²) in [5, 5.41) is 18.2. The van der Waals surface area contributed by atoms with E-state index in [1.165, 1.54) is 11.1 Å². The first-order valence-corrected chi connectivity index (χ1v) is 7.95. The van der Waals surface area contributed by atoms with Crippen LogP contribution in [0.15, 0.2) is 54.6 Å². The third-order valence-electron chi connectivity index (χ3n) is 3.18. The van der Waals surface area contributed by atoms with E-state index in [4.69, 9.17) is 24.5 Å². The van der Waals surface area contributed by atoms with Crippen molar-refractivity contribution in [3.63, 3.8) is 0 Å². The summed E-state index contributed by atoms with van der Waals surface area (Å²) in [4.78, 5) is 18.2. The number of ether oxygens (including phenoxy) is 1. The SMILES string of the molecule is CCOc1ccc(CNCCc2ccccc2)cc1.O=C(O)C(=O)O. The highest BCUT2D eigenvalue weighted by Crippen LogP contribution is 2.11. The minimum atomic E-state index is -1.82. The van der Waals surface area contributed by atoms with Gasteiger partial charge in [-0.05, 0) is 43.1 Å². The maximum Gasteiger partial charge on any atom is 0.414 e. The summed E-state index contributed by atoms with van der Waals surface area (Å²) in [6.07, 6.45) is 1.07. The minimum absolute atomic E-state index is 0.717. The van der Waals surface area contributed by atoms with Gasteiger partial charge in [0, 0.05) is 6.54 Å². The Morgan fingerprint density at radius 2 is 1.52 bits per heavy atom. The Morgan fingerprint density at radius 1 is 0.920 bits per heavy atom. The van der Waals surface area contributed by atoms with Crippen LogP contribution in [-0.4, -0.2) is 35.3 Å². The predicted octanol–water partition coefficient (Wildman–Crippen LogP) is 2.57. The summed E-state index contributed by atoms with van der Waals surface area (Å²) >= 11 is 0. The zero-order chi connectivity index (χ0) is 18.5. The maximum atomic E-state index is 9.10. The molecule has 0 spiro atoms. The zero-order valence-corrected chi connectivity index (χ0v) is 14.1. The van der Waals surface area contributed by atoms with Crippen LogP contribution in [0.2, 0.25) is 0 Å². The van der Waals surface area contributed by atoms with Crippen LogP contribution in [0.1, 0.15) is 18.1 Å². The number of hydrogen-bond donors (Lipinski definition) is 3. The van der Waals surface area contributed by atoms with Crippen LogP contribution in [-0.2, 0) is 22.6 Å². The van der Waals surface area contributed by atoms with E-state index in [0.29, 0.717) is 6.61 Å². The standard InChI is InChI=1S/C17H21NO.C2H2O4/c1-2-19-17-10-8-16(9-11-17)14-18-13-12-15-6-4-3-5-7-15;3-1(4)2(5)6/h3-11,18H,2,12-14H2,1H3;(H,3,4)(H,5,6). The van der Waals surface area contributed by atoms with Crippen molar-refractivity contribution >= 4 is 11.9 Å². The van der Waals surface area contributed by atoms with Gasteiger partial charge in [0.05, 0.1) is 6.61 Å². The molecule has 2 aromatic carbocycles. The summed E-state index contributed by atoms with van der Waals surface area (Å²) in [5.74, 6) is -2.71. The predicted molar refractivity (Wildman–Crippen MR) is 94.7 cm³/mol. The van der Waals surface area contributed by atoms with Crippen molar-refractivity contribution in [1.29, 1.82) is 0 Å². The first-order valence-electron chi connectivity index (χ1n) is 7.95. The van der Waals surface area contributed by atoms with Gasteiger partial charge >= 0.3 is 11.9 Å². The quantitative estimate of drug-likeness (QED) is 0.527. The molecule has 0 saturated heterocycles. The number of carboxylic acids is 2. The second-order valence-electron chi connectivity index (χ2n) is 5.10. The van der Waals surface area contributed by atoms with Gasteiger partial charge in [0.25, 0.3) is 0 Å². The fourth-order valence-corrected chi connectivity index (χ4v) is 1.98. The molecule has 3 N–H and O–H groups in total. The summed E-state index contributed by atoms with van der Waals surface area (Å²) in [5.41, 5.74) is 2.67. The Bertz CT molecular complexity index is 629. The van der Waals surface area contributed by atoms with Crippen LogP contribution in [0.3, 0.4) is 0 Å². The highest BCUT2D eigenvalue weighted by atomic mass is 16.5. The Kier molecular flexibility index (Phi) is 9.40. The zero-order valence-electron chi connectivity index (χ0n) is 14.1. The molecule has 0 amide bonds. The molecule has 6 heteroatoms. The second-order valence-corrected chi connectivity index (χ2v) is 5.10. The monoisotopic (exact) mass is 345 g/mol. The third kappa shape index (κ3) is 9.12. The molecule has 0 unspecified atom stereocenters. The lowest BCUT2D eigenvalue weighted by molar-refractivity contribution is -0.159. The largest absolute Gasteiger partial charge is 0.494 e. The van der Waals surface area contributed by atoms with Crippen LogP contribution in [0.4, 0.5) is 0 Å². The molecule has 0 aromatic heterocycles. The number of aliphatic carboxylic acids is 2. The molecule has 134 valence electrons. The van der Waals surface area contributed by atoms with E-state index in [-0.39, 0.29) is 0 Å². The number of benzene rings is 2.